The SMILES string of the molecule is CCCOc1ccc(C(=O)NCC2(c3ccccc3)CCOCC2)cc1. The zero-order valence-electron chi connectivity index (χ0n) is 15.4. The van der Waals surface area contributed by atoms with Crippen molar-refractivity contribution in [1.29, 1.82) is 0 Å². The maximum absolute atomic E-state index is 12.6. The van der Waals surface area contributed by atoms with Crippen molar-refractivity contribution in [2.75, 3.05) is 26.4 Å². The maximum atomic E-state index is 12.6. The third-order valence-electron chi connectivity index (χ3n) is 5.01. The van der Waals surface area contributed by atoms with Gasteiger partial charge >= 0.3 is 0 Å². The fourth-order valence-corrected chi connectivity index (χ4v) is 3.40. The minimum atomic E-state index is -0.0562. The van der Waals surface area contributed by atoms with E-state index in [1.807, 2.05) is 30.3 Å². The van der Waals surface area contributed by atoms with Gasteiger partial charge in [0.25, 0.3) is 5.91 Å². The van der Waals surface area contributed by atoms with Gasteiger partial charge < -0.3 is 14.8 Å². The number of amides is 1. The van der Waals surface area contributed by atoms with E-state index in [-0.39, 0.29) is 11.3 Å². The standard InChI is InChI=1S/C22H27NO3/c1-2-14-26-20-10-8-18(9-11-20)21(24)23-17-22(12-15-25-16-13-22)19-6-4-3-5-7-19/h3-11H,2,12-17H2,1H3,(H,23,24). The van der Waals surface area contributed by atoms with Gasteiger partial charge in [0.05, 0.1) is 6.61 Å². The lowest BCUT2D eigenvalue weighted by molar-refractivity contribution is 0.0487. The number of ether oxygens (including phenoxy) is 2. The quantitative estimate of drug-likeness (QED) is 0.820. The first-order chi connectivity index (χ1) is 12.7. The molecule has 0 radical (unpaired) electrons. The number of nitrogens with one attached hydrogen (secondary N) is 1. The minimum absolute atomic E-state index is 0.0474. The number of rotatable bonds is 7. The summed E-state index contributed by atoms with van der Waals surface area (Å²) in [6, 6.07) is 17.8. The zero-order valence-corrected chi connectivity index (χ0v) is 15.4. The van der Waals surface area contributed by atoms with E-state index in [0.717, 1.165) is 38.2 Å². The predicted molar refractivity (Wildman–Crippen MR) is 103 cm³/mol. The monoisotopic (exact) mass is 353 g/mol. The zero-order chi connectivity index (χ0) is 18.2. The number of benzene rings is 2. The third-order valence-corrected chi connectivity index (χ3v) is 5.01. The van der Waals surface area contributed by atoms with E-state index in [2.05, 4.69) is 36.5 Å². The lowest BCUT2D eigenvalue weighted by Gasteiger charge is -2.38. The van der Waals surface area contributed by atoms with Crippen LogP contribution in [0.15, 0.2) is 54.6 Å². The largest absolute Gasteiger partial charge is 0.494 e. The number of hydrogen-bond donors (Lipinski definition) is 1. The molecule has 0 spiro atoms. The van der Waals surface area contributed by atoms with E-state index >= 15 is 0 Å². The molecule has 1 heterocycles. The van der Waals surface area contributed by atoms with Gasteiger partial charge in [-0.05, 0) is 49.1 Å². The predicted octanol–water partition coefficient (Wildman–Crippen LogP) is 3.95. The van der Waals surface area contributed by atoms with Gasteiger partial charge in [-0.25, -0.2) is 0 Å². The topological polar surface area (TPSA) is 47.6 Å². The van der Waals surface area contributed by atoms with Gasteiger partial charge in [0, 0.05) is 30.7 Å². The first-order valence-corrected chi connectivity index (χ1v) is 9.38. The molecule has 0 atom stereocenters. The Morgan fingerprint density at radius 2 is 1.77 bits per heavy atom. The summed E-state index contributed by atoms with van der Waals surface area (Å²) >= 11 is 0. The van der Waals surface area contributed by atoms with Crippen LogP contribution in [0.5, 0.6) is 5.75 Å². The van der Waals surface area contributed by atoms with Crippen LogP contribution in [0, 0.1) is 0 Å². The van der Waals surface area contributed by atoms with Gasteiger partial charge in [-0.3, -0.25) is 4.79 Å². The summed E-state index contributed by atoms with van der Waals surface area (Å²) in [5, 5.41) is 3.14. The van der Waals surface area contributed by atoms with Crippen LogP contribution in [-0.4, -0.2) is 32.3 Å². The molecule has 1 fully saturated rings. The van der Waals surface area contributed by atoms with Crippen molar-refractivity contribution in [2.45, 2.75) is 31.6 Å². The molecule has 2 aromatic rings. The second-order valence-electron chi connectivity index (χ2n) is 6.81. The van der Waals surface area contributed by atoms with Crippen molar-refractivity contribution in [3.05, 3.63) is 65.7 Å². The van der Waals surface area contributed by atoms with Gasteiger partial charge in [-0.15, -0.1) is 0 Å². The first kappa shape index (κ1) is 18.5. The van der Waals surface area contributed by atoms with Crippen LogP contribution in [0.4, 0.5) is 0 Å². The summed E-state index contributed by atoms with van der Waals surface area (Å²) in [7, 11) is 0. The summed E-state index contributed by atoms with van der Waals surface area (Å²) in [4.78, 5) is 12.6. The molecule has 4 heteroatoms. The Kier molecular flexibility index (Phi) is 6.29. The molecule has 0 saturated carbocycles. The molecule has 1 amide bonds. The van der Waals surface area contributed by atoms with Gasteiger partial charge in [-0.1, -0.05) is 37.3 Å². The molecular weight excluding hydrogens is 326 g/mol. The normalized spacial score (nSPS) is 16.0. The molecule has 0 aromatic heterocycles. The Labute approximate surface area is 155 Å². The Morgan fingerprint density at radius 1 is 1.08 bits per heavy atom. The molecule has 2 aromatic carbocycles. The Morgan fingerprint density at radius 3 is 2.42 bits per heavy atom. The second-order valence-corrected chi connectivity index (χ2v) is 6.81. The summed E-state index contributed by atoms with van der Waals surface area (Å²) in [6.07, 6.45) is 2.80. The van der Waals surface area contributed by atoms with Crippen molar-refractivity contribution in [1.82, 2.24) is 5.32 Å². The Balaban J connectivity index is 1.66. The van der Waals surface area contributed by atoms with Crippen molar-refractivity contribution in [3.8, 4) is 5.75 Å². The summed E-state index contributed by atoms with van der Waals surface area (Å²) in [5.41, 5.74) is 1.87. The lowest BCUT2D eigenvalue weighted by Crippen LogP contribution is -2.44. The summed E-state index contributed by atoms with van der Waals surface area (Å²) in [5.74, 6) is 0.752. The Hall–Kier alpha value is -2.33. The van der Waals surface area contributed by atoms with E-state index in [9.17, 15) is 4.79 Å². The van der Waals surface area contributed by atoms with Crippen molar-refractivity contribution < 1.29 is 14.3 Å². The van der Waals surface area contributed by atoms with Crippen LogP contribution >= 0.6 is 0 Å². The van der Waals surface area contributed by atoms with Crippen molar-refractivity contribution >= 4 is 5.91 Å². The molecule has 1 aliphatic rings. The number of carbonyl (C=O) groups is 1. The molecule has 26 heavy (non-hydrogen) atoms. The van der Waals surface area contributed by atoms with Crippen molar-refractivity contribution in [3.63, 3.8) is 0 Å². The molecule has 0 bridgehead atoms. The number of carbonyl (C=O) groups excluding carboxylic acids is 1. The van der Waals surface area contributed by atoms with E-state index in [1.165, 1.54) is 5.56 Å². The Bertz CT molecular complexity index is 691. The highest BCUT2D eigenvalue weighted by Gasteiger charge is 2.34. The highest BCUT2D eigenvalue weighted by atomic mass is 16.5. The van der Waals surface area contributed by atoms with Crippen LogP contribution < -0.4 is 10.1 Å². The average molecular weight is 353 g/mol. The molecular formula is C22H27NO3. The van der Waals surface area contributed by atoms with Crippen LogP contribution in [-0.2, 0) is 10.2 Å². The van der Waals surface area contributed by atoms with Crippen LogP contribution in [0.2, 0.25) is 0 Å². The second kappa shape index (κ2) is 8.86. The fraction of sp³-hybridized carbons (Fsp3) is 0.409. The maximum Gasteiger partial charge on any atom is 0.251 e. The fourth-order valence-electron chi connectivity index (χ4n) is 3.40. The summed E-state index contributed by atoms with van der Waals surface area (Å²) in [6.45, 7) is 4.84. The summed E-state index contributed by atoms with van der Waals surface area (Å²) < 4.78 is 11.1. The smallest absolute Gasteiger partial charge is 0.251 e. The lowest BCUT2D eigenvalue weighted by atomic mass is 9.74. The molecule has 4 nitrogen and oxygen atoms in total. The molecule has 3 rings (SSSR count). The highest BCUT2D eigenvalue weighted by molar-refractivity contribution is 5.94. The van der Waals surface area contributed by atoms with E-state index < -0.39 is 0 Å². The highest BCUT2D eigenvalue weighted by Crippen LogP contribution is 2.34. The van der Waals surface area contributed by atoms with E-state index in [0.29, 0.717) is 18.7 Å². The minimum Gasteiger partial charge on any atom is -0.494 e. The van der Waals surface area contributed by atoms with Gasteiger partial charge in [0.1, 0.15) is 5.75 Å². The van der Waals surface area contributed by atoms with Gasteiger partial charge in [0.2, 0.25) is 0 Å². The van der Waals surface area contributed by atoms with Gasteiger partial charge in [-0.2, -0.15) is 0 Å². The van der Waals surface area contributed by atoms with Gasteiger partial charge in [0.15, 0.2) is 0 Å². The van der Waals surface area contributed by atoms with Crippen LogP contribution in [0.3, 0.4) is 0 Å². The van der Waals surface area contributed by atoms with E-state index in [4.69, 9.17) is 9.47 Å². The average Bonchev–Trinajstić information content (AvgIpc) is 2.72. The molecule has 1 N–H and O–H groups in total. The number of hydrogen-bond acceptors (Lipinski definition) is 3. The van der Waals surface area contributed by atoms with Crippen molar-refractivity contribution in [2.24, 2.45) is 0 Å². The third kappa shape index (κ3) is 4.44. The van der Waals surface area contributed by atoms with Crippen LogP contribution in [0.1, 0.15) is 42.1 Å². The molecule has 1 saturated heterocycles. The molecule has 0 unspecified atom stereocenters. The molecule has 1 aliphatic heterocycles. The van der Waals surface area contributed by atoms with E-state index in [1.54, 1.807) is 0 Å². The molecule has 0 aliphatic carbocycles. The molecule has 138 valence electrons. The first-order valence-electron chi connectivity index (χ1n) is 9.38. The van der Waals surface area contributed by atoms with Crippen LogP contribution in [0.25, 0.3) is 0 Å².